The van der Waals surface area contributed by atoms with Gasteiger partial charge in [-0.15, -0.1) is 0 Å². The third-order valence-electron chi connectivity index (χ3n) is 3.12. The first kappa shape index (κ1) is 13.5. The molecule has 1 aliphatic rings. The quantitative estimate of drug-likeness (QED) is 0.844. The molecule has 1 fully saturated rings. The highest BCUT2D eigenvalue weighted by molar-refractivity contribution is 9.10. The Bertz CT molecular complexity index is 617. The molecule has 2 heterocycles. The Labute approximate surface area is 124 Å². The third kappa shape index (κ3) is 2.81. The largest absolute Gasteiger partial charge is 0.378 e. The summed E-state index contributed by atoms with van der Waals surface area (Å²) in [6, 6.07) is 7.43. The molecule has 0 saturated carbocycles. The molecule has 20 heavy (non-hydrogen) atoms. The number of morpholine rings is 1. The van der Waals surface area contributed by atoms with E-state index < -0.39 is 5.82 Å². The molecule has 2 aromatic rings. The molecule has 104 valence electrons. The summed E-state index contributed by atoms with van der Waals surface area (Å²) in [5.74, 6) is 0.129. The van der Waals surface area contributed by atoms with Crippen molar-refractivity contribution in [3.8, 4) is 11.3 Å². The SMILES string of the molecule is Fc1cnc(N2CCOCC2)nc1-c1cccc(Br)c1. The molecule has 1 aromatic carbocycles. The molecule has 0 radical (unpaired) electrons. The van der Waals surface area contributed by atoms with Gasteiger partial charge in [0.25, 0.3) is 0 Å². The zero-order valence-electron chi connectivity index (χ0n) is 10.7. The number of anilines is 1. The van der Waals surface area contributed by atoms with Crippen LogP contribution in [0.15, 0.2) is 34.9 Å². The van der Waals surface area contributed by atoms with Gasteiger partial charge in [0, 0.05) is 23.1 Å². The van der Waals surface area contributed by atoms with Crippen molar-refractivity contribution in [2.24, 2.45) is 0 Å². The highest BCUT2D eigenvalue weighted by atomic mass is 79.9. The second kappa shape index (κ2) is 5.85. The number of hydrogen-bond acceptors (Lipinski definition) is 4. The van der Waals surface area contributed by atoms with E-state index in [1.54, 1.807) is 0 Å². The van der Waals surface area contributed by atoms with Gasteiger partial charge in [0.1, 0.15) is 5.69 Å². The lowest BCUT2D eigenvalue weighted by Crippen LogP contribution is -2.37. The first-order chi connectivity index (χ1) is 9.74. The summed E-state index contributed by atoms with van der Waals surface area (Å²) in [5, 5.41) is 0. The monoisotopic (exact) mass is 337 g/mol. The van der Waals surface area contributed by atoms with Gasteiger partial charge in [-0.3, -0.25) is 0 Å². The van der Waals surface area contributed by atoms with E-state index in [1.165, 1.54) is 6.20 Å². The Morgan fingerprint density at radius 3 is 2.80 bits per heavy atom. The normalized spacial score (nSPS) is 15.4. The number of ether oxygens (including phenoxy) is 1. The summed E-state index contributed by atoms with van der Waals surface area (Å²) in [4.78, 5) is 10.5. The Kier molecular flexibility index (Phi) is 3.93. The molecule has 1 saturated heterocycles. The lowest BCUT2D eigenvalue weighted by atomic mass is 10.1. The topological polar surface area (TPSA) is 38.2 Å². The number of nitrogens with zero attached hydrogens (tertiary/aromatic N) is 3. The van der Waals surface area contributed by atoms with Gasteiger partial charge in [-0.1, -0.05) is 28.1 Å². The number of hydrogen-bond donors (Lipinski definition) is 0. The van der Waals surface area contributed by atoms with Gasteiger partial charge < -0.3 is 9.64 Å². The van der Waals surface area contributed by atoms with Crippen LogP contribution in [0.2, 0.25) is 0 Å². The van der Waals surface area contributed by atoms with Crippen LogP contribution in [-0.2, 0) is 4.74 Å². The molecule has 1 aromatic heterocycles. The van der Waals surface area contributed by atoms with Crippen LogP contribution in [0.1, 0.15) is 0 Å². The van der Waals surface area contributed by atoms with E-state index in [-0.39, 0.29) is 0 Å². The Morgan fingerprint density at radius 2 is 2.05 bits per heavy atom. The van der Waals surface area contributed by atoms with Crippen molar-refractivity contribution in [3.05, 3.63) is 40.8 Å². The summed E-state index contributed by atoms with van der Waals surface area (Å²) in [7, 11) is 0. The average molecular weight is 338 g/mol. The van der Waals surface area contributed by atoms with Crippen LogP contribution < -0.4 is 4.90 Å². The van der Waals surface area contributed by atoms with Gasteiger partial charge >= 0.3 is 0 Å². The van der Waals surface area contributed by atoms with Gasteiger partial charge in [0.2, 0.25) is 5.95 Å². The highest BCUT2D eigenvalue weighted by Gasteiger charge is 2.16. The molecular weight excluding hydrogens is 325 g/mol. The van der Waals surface area contributed by atoms with E-state index in [2.05, 4.69) is 25.9 Å². The Morgan fingerprint density at radius 1 is 1.25 bits per heavy atom. The second-order valence-corrected chi connectivity index (χ2v) is 5.39. The molecule has 0 N–H and O–H groups in total. The van der Waals surface area contributed by atoms with Gasteiger partial charge in [-0.2, -0.15) is 0 Å². The maximum atomic E-state index is 14.0. The molecule has 0 amide bonds. The zero-order chi connectivity index (χ0) is 13.9. The Hall–Kier alpha value is -1.53. The Balaban J connectivity index is 1.98. The summed E-state index contributed by atoms with van der Waals surface area (Å²) < 4.78 is 20.2. The summed E-state index contributed by atoms with van der Waals surface area (Å²) in [6.07, 6.45) is 1.23. The van der Waals surface area contributed by atoms with E-state index in [0.717, 1.165) is 23.1 Å². The maximum Gasteiger partial charge on any atom is 0.226 e. The molecule has 0 unspecified atom stereocenters. The second-order valence-electron chi connectivity index (χ2n) is 4.48. The van der Waals surface area contributed by atoms with Gasteiger partial charge in [0.15, 0.2) is 5.82 Å². The predicted octanol–water partition coefficient (Wildman–Crippen LogP) is 2.88. The summed E-state index contributed by atoms with van der Waals surface area (Å²) in [5.41, 5.74) is 1.05. The predicted molar refractivity (Wildman–Crippen MR) is 78.2 cm³/mol. The van der Waals surface area contributed by atoms with Crippen LogP contribution in [0.4, 0.5) is 10.3 Å². The van der Waals surface area contributed by atoms with Crippen LogP contribution in [0, 0.1) is 5.82 Å². The van der Waals surface area contributed by atoms with Gasteiger partial charge in [-0.05, 0) is 12.1 Å². The fourth-order valence-corrected chi connectivity index (χ4v) is 2.51. The van der Waals surface area contributed by atoms with Crippen LogP contribution in [0.5, 0.6) is 0 Å². The standard InChI is InChI=1S/C14H13BrFN3O/c15-11-3-1-2-10(8-11)13-12(16)9-17-14(18-13)19-4-6-20-7-5-19/h1-3,8-9H,4-7H2. The maximum absolute atomic E-state index is 14.0. The minimum Gasteiger partial charge on any atom is -0.378 e. The average Bonchev–Trinajstić information content (AvgIpc) is 2.48. The zero-order valence-corrected chi connectivity index (χ0v) is 12.3. The fraction of sp³-hybridized carbons (Fsp3) is 0.286. The molecule has 4 nitrogen and oxygen atoms in total. The van der Waals surface area contributed by atoms with Crippen LogP contribution >= 0.6 is 15.9 Å². The van der Waals surface area contributed by atoms with Gasteiger partial charge in [-0.25, -0.2) is 14.4 Å². The molecule has 0 bridgehead atoms. The van der Waals surface area contributed by atoms with E-state index in [1.807, 2.05) is 29.2 Å². The summed E-state index contributed by atoms with van der Waals surface area (Å²) >= 11 is 3.39. The van der Waals surface area contributed by atoms with E-state index in [0.29, 0.717) is 24.9 Å². The van der Waals surface area contributed by atoms with Crippen molar-refractivity contribution < 1.29 is 9.13 Å². The fourth-order valence-electron chi connectivity index (χ4n) is 2.11. The first-order valence-corrected chi connectivity index (χ1v) is 7.14. The minimum absolute atomic E-state index is 0.322. The van der Waals surface area contributed by atoms with Crippen LogP contribution in [0.3, 0.4) is 0 Å². The van der Waals surface area contributed by atoms with Crippen molar-refractivity contribution in [1.82, 2.24) is 9.97 Å². The van der Waals surface area contributed by atoms with E-state index >= 15 is 0 Å². The van der Waals surface area contributed by atoms with E-state index in [4.69, 9.17) is 4.74 Å². The van der Waals surface area contributed by atoms with Crippen molar-refractivity contribution in [1.29, 1.82) is 0 Å². The van der Waals surface area contributed by atoms with Gasteiger partial charge in [0.05, 0.1) is 19.4 Å². The molecule has 0 atom stereocenters. The van der Waals surface area contributed by atoms with Crippen molar-refractivity contribution in [2.75, 3.05) is 31.2 Å². The molecule has 0 aliphatic carbocycles. The third-order valence-corrected chi connectivity index (χ3v) is 3.62. The number of halogens is 2. The van der Waals surface area contributed by atoms with Crippen LogP contribution in [0.25, 0.3) is 11.3 Å². The van der Waals surface area contributed by atoms with Crippen molar-refractivity contribution in [2.45, 2.75) is 0 Å². The molecule has 0 spiro atoms. The number of benzene rings is 1. The molecule has 3 rings (SSSR count). The van der Waals surface area contributed by atoms with E-state index in [9.17, 15) is 4.39 Å². The molecule has 1 aliphatic heterocycles. The number of rotatable bonds is 2. The number of aromatic nitrogens is 2. The lowest BCUT2D eigenvalue weighted by molar-refractivity contribution is 0.122. The smallest absolute Gasteiger partial charge is 0.226 e. The highest BCUT2D eigenvalue weighted by Crippen LogP contribution is 2.25. The molecular formula is C14H13BrFN3O. The van der Waals surface area contributed by atoms with Crippen molar-refractivity contribution >= 4 is 21.9 Å². The van der Waals surface area contributed by atoms with Crippen LogP contribution in [-0.4, -0.2) is 36.3 Å². The molecule has 6 heteroatoms. The first-order valence-electron chi connectivity index (χ1n) is 6.35. The summed E-state index contributed by atoms with van der Waals surface area (Å²) in [6.45, 7) is 2.74. The van der Waals surface area contributed by atoms with Crippen molar-refractivity contribution in [3.63, 3.8) is 0 Å². The minimum atomic E-state index is -0.417. The lowest BCUT2D eigenvalue weighted by Gasteiger charge is -2.26.